The van der Waals surface area contributed by atoms with Gasteiger partial charge in [-0.15, -0.1) is 6.58 Å². The molecule has 1 fully saturated rings. The zero-order valence-electron chi connectivity index (χ0n) is 6.48. The molecule has 1 aliphatic rings. The number of hydrogen-bond acceptors (Lipinski definition) is 0. The van der Waals surface area contributed by atoms with E-state index in [1.807, 2.05) is 0 Å². The Hall–Kier alpha value is -0.260. The molecule has 1 saturated carbocycles. The van der Waals surface area contributed by atoms with E-state index in [0.717, 1.165) is 5.92 Å². The van der Waals surface area contributed by atoms with Crippen LogP contribution in [0.4, 0.5) is 0 Å². The molecule has 52 valence electrons. The van der Waals surface area contributed by atoms with Gasteiger partial charge >= 0.3 is 0 Å². The highest BCUT2D eigenvalue weighted by molar-refractivity contribution is 4.99. The van der Waals surface area contributed by atoms with Crippen LogP contribution in [0, 0.1) is 11.3 Å². The Labute approximate surface area is 58.0 Å². The summed E-state index contributed by atoms with van der Waals surface area (Å²) >= 11 is 0. The maximum Gasteiger partial charge on any atom is -0.0240 e. The minimum absolute atomic E-state index is 0.682. The van der Waals surface area contributed by atoms with Crippen LogP contribution < -0.4 is 0 Å². The van der Waals surface area contributed by atoms with Gasteiger partial charge in [-0.2, -0.15) is 0 Å². The van der Waals surface area contributed by atoms with Crippen molar-refractivity contribution in [3.05, 3.63) is 12.7 Å². The molecule has 1 rings (SSSR count). The molecule has 0 atom stereocenters. The van der Waals surface area contributed by atoms with Crippen molar-refractivity contribution in [3.8, 4) is 0 Å². The van der Waals surface area contributed by atoms with Crippen molar-refractivity contribution in [2.45, 2.75) is 33.1 Å². The molecule has 0 unspecified atom stereocenters. The third kappa shape index (κ3) is 1.17. The lowest BCUT2D eigenvalue weighted by molar-refractivity contribution is 0.364. The van der Waals surface area contributed by atoms with Gasteiger partial charge in [-0.3, -0.25) is 0 Å². The van der Waals surface area contributed by atoms with Crippen LogP contribution in [0.3, 0.4) is 0 Å². The van der Waals surface area contributed by atoms with Crippen molar-refractivity contribution in [3.63, 3.8) is 0 Å². The summed E-state index contributed by atoms with van der Waals surface area (Å²) in [5.41, 5.74) is 0.682. The van der Waals surface area contributed by atoms with Crippen LogP contribution in [0.5, 0.6) is 0 Å². The molecule has 0 saturated heterocycles. The van der Waals surface area contributed by atoms with Crippen LogP contribution in [0.25, 0.3) is 0 Å². The summed E-state index contributed by atoms with van der Waals surface area (Å²) < 4.78 is 0. The maximum atomic E-state index is 3.77. The highest BCUT2D eigenvalue weighted by Crippen LogP contribution is 2.54. The van der Waals surface area contributed by atoms with E-state index in [4.69, 9.17) is 0 Å². The van der Waals surface area contributed by atoms with Crippen molar-refractivity contribution in [2.75, 3.05) is 0 Å². The molecule has 0 spiro atoms. The van der Waals surface area contributed by atoms with E-state index >= 15 is 0 Å². The lowest BCUT2D eigenvalue weighted by Crippen LogP contribution is -2.07. The molecule has 0 aromatic carbocycles. The van der Waals surface area contributed by atoms with Crippen molar-refractivity contribution < 1.29 is 0 Å². The topological polar surface area (TPSA) is 0 Å². The molecule has 0 bridgehead atoms. The predicted molar refractivity (Wildman–Crippen MR) is 41.3 cm³/mol. The molecule has 0 aromatic rings. The second-order valence-corrected chi connectivity index (χ2v) is 3.51. The average molecular weight is 124 g/mol. The summed E-state index contributed by atoms with van der Waals surface area (Å²) in [4.78, 5) is 0. The monoisotopic (exact) mass is 124 g/mol. The first kappa shape index (κ1) is 6.85. The number of allylic oxidation sites excluding steroid dienone is 1. The maximum absolute atomic E-state index is 3.77. The van der Waals surface area contributed by atoms with Gasteiger partial charge in [0.25, 0.3) is 0 Å². The van der Waals surface area contributed by atoms with Gasteiger partial charge in [0.05, 0.1) is 0 Å². The van der Waals surface area contributed by atoms with Gasteiger partial charge in [0.2, 0.25) is 0 Å². The van der Waals surface area contributed by atoms with Gasteiger partial charge in [0.15, 0.2) is 0 Å². The van der Waals surface area contributed by atoms with E-state index in [1.165, 1.54) is 19.3 Å². The van der Waals surface area contributed by atoms with E-state index in [-0.39, 0.29) is 0 Å². The second-order valence-electron chi connectivity index (χ2n) is 3.51. The summed E-state index contributed by atoms with van der Waals surface area (Å²) in [5.74, 6) is 0.857. The molecular formula is C9H16. The van der Waals surface area contributed by atoms with Crippen molar-refractivity contribution >= 4 is 0 Å². The molecule has 0 heteroatoms. The van der Waals surface area contributed by atoms with Gasteiger partial charge < -0.3 is 0 Å². The molecule has 0 radical (unpaired) electrons. The standard InChI is InChI=1S/C9H16/c1-4-5-9(6-7-9)8(2)3/h4,8H,1,5-7H2,2-3H3. The van der Waals surface area contributed by atoms with Crippen molar-refractivity contribution in [2.24, 2.45) is 11.3 Å². The molecule has 0 aromatic heterocycles. The first-order valence-corrected chi connectivity index (χ1v) is 3.82. The zero-order valence-corrected chi connectivity index (χ0v) is 6.48. The average Bonchev–Trinajstić information content (AvgIpc) is 2.49. The van der Waals surface area contributed by atoms with Crippen LogP contribution in [-0.2, 0) is 0 Å². The second kappa shape index (κ2) is 2.17. The minimum Gasteiger partial charge on any atom is -0.103 e. The molecule has 9 heavy (non-hydrogen) atoms. The normalized spacial score (nSPS) is 22.1. The summed E-state index contributed by atoms with van der Waals surface area (Å²) in [6.07, 6.45) is 6.14. The SMILES string of the molecule is C=CCC1(C(C)C)CC1. The smallest absolute Gasteiger partial charge is 0.0240 e. The summed E-state index contributed by atoms with van der Waals surface area (Å²) in [7, 11) is 0. The molecule has 0 nitrogen and oxygen atoms in total. The van der Waals surface area contributed by atoms with Crippen LogP contribution in [0.15, 0.2) is 12.7 Å². The quantitative estimate of drug-likeness (QED) is 0.507. The molecule has 1 aliphatic carbocycles. The summed E-state index contributed by atoms with van der Waals surface area (Å²) in [5, 5.41) is 0. The predicted octanol–water partition coefficient (Wildman–Crippen LogP) is 3.00. The van der Waals surface area contributed by atoms with Crippen LogP contribution in [-0.4, -0.2) is 0 Å². The Morgan fingerprint density at radius 1 is 1.56 bits per heavy atom. The Kier molecular flexibility index (Phi) is 1.65. The van der Waals surface area contributed by atoms with E-state index in [9.17, 15) is 0 Å². The first-order valence-electron chi connectivity index (χ1n) is 3.82. The van der Waals surface area contributed by atoms with Gasteiger partial charge in [-0.25, -0.2) is 0 Å². The third-order valence-electron chi connectivity index (χ3n) is 2.67. The van der Waals surface area contributed by atoms with Gasteiger partial charge in [0, 0.05) is 0 Å². The van der Waals surface area contributed by atoms with Gasteiger partial charge in [-0.05, 0) is 30.6 Å². The zero-order chi connectivity index (χ0) is 6.91. The summed E-state index contributed by atoms with van der Waals surface area (Å²) in [6.45, 7) is 8.40. The number of hydrogen-bond donors (Lipinski definition) is 0. The van der Waals surface area contributed by atoms with E-state index in [2.05, 4.69) is 26.5 Å². The molecule has 0 heterocycles. The lowest BCUT2D eigenvalue weighted by Gasteiger charge is -2.16. The Morgan fingerprint density at radius 3 is 2.22 bits per heavy atom. The van der Waals surface area contributed by atoms with Crippen LogP contribution in [0.1, 0.15) is 33.1 Å². The fourth-order valence-corrected chi connectivity index (χ4v) is 1.47. The highest BCUT2D eigenvalue weighted by Gasteiger charge is 2.43. The number of rotatable bonds is 3. The van der Waals surface area contributed by atoms with Gasteiger partial charge in [0.1, 0.15) is 0 Å². The lowest BCUT2D eigenvalue weighted by atomic mass is 9.89. The third-order valence-corrected chi connectivity index (χ3v) is 2.67. The van der Waals surface area contributed by atoms with Gasteiger partial charge in [-0.1, -0.05) is 19.9 Å². The first-order chi connectivity index (χ1) is 4.21. The largest absolute Gasteiger partial charge is 0.103 e. The van der Waals surface area contributed by atoms with Crippen molar-refractivity contribution in [1.29, 1.82) is 0 Å². The fourth-order valence-electron chi connectivity index (χ4n) is 1.47. The Balaban J connectivity index is 2.42. The molecule has 0 aliphatic heterocycles. The van der Waals surface area contributed by atoms with E-state index in [0.29, 0.717) is 5.41 Å². The fraction of sp³-hybridized carbons (Fsp3) is 0.778. The Bertz CT molecular complexity index is 107. The van der Waals surface area contributed by atoms with Crippen LogP contribution >= 0.6 is 0 Å². The van der Waals surface area contributed by atoms with Crippen LogP contribution in [0.2, 0.25) is 0 Å². The van der Waals surface area contributed by atoms with E-state index < -0.39 is 0 Å². The van der Waals surface area contributed by atoms with E-state index in [1.54, 1.807) is 0 Å². The Morgan fingerprint density at radius 2 is 2.11 bits per heavy atom. The molecular weight excluding hydrogens is 108 g/mol. The van der Waals surface area contributed by atoms with Crippen molar-refractivity contribution in [1.82, 2.24) is 0 Å². The minimum atomic E-state index is 0.682. The highest BCUT2D eigenvalue weighted by atomic mass is 14.5. The molecule has 0 amide bonds. The summed E-state index contributed by atoms with van der Waals surface area (Å²) in [6, 6.07) is 0. The molecule has 0 N–H and O–H groups in total.